The molecular formula is C26H33FN2O2. The Morgan fingerprint density at radius 3 is 2.58 bits per heavy atom. The molecule has 1 amide bonds. The summed E-state index contributed by atoms with van der Waals surface area (Å²) in [6.07, 6.45) is 5.81. The zero-order chi connectivity index (χ0) is 21.7. The highest BCUT2D eigenvalue weighted by Gasteiger charge is 2.44. The van der Waals surface area contributed by atoms with E-state index in [2.05, 4.69) is 17.1 Å². The van der Waals surface area contributed by atoms with Crippen LogP contribution < -0.4 is 10.1 Å². The van der Waals surface area contributed by atoms with E-state index in [1.165, 1.54) is 18.9 Å². The standard InChI is InChI=1S/C26H33FN2O2/c1-20-7-6-16-29(19-20)17-18-31-22-12-10-21(11-13-22)28-25(30)26(14-4-5-15-26)23-8-2-3-9-24(23)27/h2-3,8-13,20H,4-7,14-19H2,1H3,(H,28,30). The van der Waals surface area contributed by atoms with E-state index in [4.69, 9.17) is 4.74 Å². The highest BCUT2D eigenvalue weighted by Crippen LogP contribution is 2.43. The van der Waals surface area contributed by atoms with Crippen molar-refractivity contribution in [2.24, 2.45) is 5.92 Å². The summed E-state index contributed by atoms with van der Waals surface area (Å²) in [4.78, 5) is 15.7. The van der Waals surface area contributed by atoms with Crippen molar-refractivity contribution in [3.63, 3.8) is 0 Å². The predicted octanol–water partition coefficient (Wildman–Crippen LogP) is 5.39. The number of nitrogens with one attached hydrogen (secondary N) is 1. The molecule has 2 aliphatic rings. The molecule has 4 nitrogen and oxygen atoms in total. The van der Waals surface area contributed by atoms with Gasteiger partial charge in [0.2, 0.25) is 5.91 Å². The average molecular weight is 425 g/mol. The molecule has 2 fully saturated rings. The largest absolute Gasteiger partial charge is 0.492 e. The van der Waals surface area contributed by atoms with Crippen LogP contribution in [0.25, 0.3) is 0 Å². The van der Waals surface area contributed by atoms with Crippen molar-refractivity contribution in [1.29, 1.82) is 0 Å². The summed E-state index contributed by atoms with van der Waals surface area (Å²) in [5.74, 6) is 1.14. The SMILES string of the molecule is CC1CCCN(CCOc2ccc(NC(=O)C3(c4ccccc4F)CCCC3)cc2)C1. The van der Waals surface area contributed by atoms with E-state index in [0.29, 0.717) is 30.7 Å². The van der Waals surface area contributed by atoms with Gasteiger partial charge >= 0.3 is 0 Å². The lowest BCUT2D eigenvalue weighted by Crippen LogP contribution is -2.38. The number of rotatable bonds is 7. The van der Waals surface area contributed by atoms with Gasteiger partial charge in [-0.25, -0.2) is 4.39 Å². The summed E-state index contributed by atoms with van der Waals surface area (Å²) < 4.78 is 20.4. The fraction of sp³-hybridized carbons (Fsp3) is 0.500. The number of ether oxygens (including phenoxy) is 1. The van der Waals surface area contributed by atoms with Crippen molar-refractivity contribution in [2.75, 3.05) is 31.6 Å². The van der Waals surface area contributed by atoms with Crippen LogP contribution in [-0.4, -0.2) is 37.0 Å². The van der Waals surface area contributed by atoms with E-state index in [0.717, 1.165) is 44.1 Å². The lowest BCUT2D eigenvalue weighted by atomic mass is 9.77. The lowest BCUT2D eigenvalue weighted by molar-refractivity contribution is -0.121. The highest BCUT2D eigenvalue weighted by molar-refractivity contribution is 5.99. The molecule has 1 aliphatic heterocycles. The summed E-state index contributed by atoms with van der Waals surface area (Å²) >= 11 is 0. The molecule has 0 bridgehead atoms. The molecule has 4 rings (SSSR count). The number of carbonyl (C=O) groups excluding carboxylic acids is 1. The third-order valence-electron chi connectivity index (χ3n) is 6.81. The second kappa shape index (κ2) is 9.82. The molecule has 0 aromatic heterocycles. The summed E-state index contributed by atoms with van der Waals surface area (Å²) in [7, 11) is 0. The van der Waals surface area contributed by atoms with Crippen LogP contribution in [0.15, 0.2) is 48.5 Å². The van der Waals surface area contributed by atoms with Crippen LogP contribution in [0.3, 0.4) is 0 Å². The Morgan fingerprint density at radius 1 is 1.13 bits per heavy atom. The monoisotopic (exact) mass is 424 g/mol. The van der Waals surface area contributed by atoms with Crippen molar-refractivity contribution in [2.45, 2.75) is 50.9 Å². The molecule has 5 heteroatoms. The molecule has 1 saturated heterocycles. The maximum Gasteiger partial charge on any atom is 0.235 e. The second-order valence-corrected chi connectivity index (χ2v) is 9.14. The number of hydrogen-bond acceptors (Lipinski definition) is 3. The van der Waals surface area contributed by atoms with Crippen LogP contribution in [0.2, 0.25) is 0 Å². The average Bonchev–Trinajstić information content (AvgIpc) is 3.26. The number of hydrogen-bond donors (Lipinski definition) is 1. The van der Waals surface area contributed by atoms with Gasteiger partial charge in [0.25, 0.3) is 0 Å². The van der Waals surface area contributed by atoms with Gasteiger partial charge in [-0.05, 0) is 68.5 Å². The maximum absolute atomic E-state index is 14.5. The van der Waals surface area contributed by atoms with Gasteiger partial charge in [0.1, 0.15) is 18.2 Å². The maximum atomic E-state index is 14.5. The molecule has 1 saturated carbocycles. The van der Waals surface area contributed by atoms with E-state index in [1.807, 2.05) is 30.3 Å². The van der Waals surface area contributed by atoms with Crippen molar-refractivity contribution in [1.82, 2.24) is 4.90 Å². The summed E-state index contributed by atoms with van der Waals surface area (Å²) in [6.45, 7) is 6.21. The minimum Gasteiger partial charge on any atom is -0.492 e. The predicted molar refractivity (Wildman–Crippen MR) is 122 cm³/mol. The molecule has 2 aromatic rings. The van der Waals surface area contributed by atoms with Crippen LogP contribution in [0, 0.1) is 11.7 Å². The fourth-order valence-electron chi connectivity index (χ4n) is 5.11. The third-order valence-corrected chi connectivity index (χ3v) is 6.81. The first-order valence-electron chi connectivity index (χ1n) is 11.6. The molecule has 31 heavy (non-hydrogen) atoms. The first-order valence-corrected chi connectivity index (χ1v) is 11.6. The first kappa shape index (κ1) is 21.8. The van der Waals surface area contributed by atoms with Crippen molar-refractivity contribution in [3.8, 4) is 5.75 Å². The molecule has 0 radical (unpaired) electrons. The second-order valence-electron chi connectivity index (χ2n) is 9.14. The highest BCUT2D eigenvalue weighted by atomic mass is 19.1. The number of piperidine rings is 1. The quantitative estimate of drug-likeness (QED) is 0.648. The minimum absolute atomic E-state index is 0.122. The van der Waals surface area contributed by atoms with Crippen molar-refractivity contribution in [3.05, 3.63) is 59.9 Å². The topological polar surface area (TPSA) is 41.6 Å². The Kier molecular flexibility index (Phi) is 6.91. The van der Waals surface area contributed by atoms with E-state index in [9.17, 15) is 9.18 Å². The minimum atomic E-state index is -0.786. The molecule has 1 unspecified atom stereocenters. The Morgan fingerprint density at radius 2 is 1.87 bits per heavy atom. The van der Waals surface area contributed by atoms with Gasteiger partial charge in [-0.3, -0.25) is 9.69 Å². The lowest BCUT2D eigenvalue weighted by Gasteiger charge is -2.30. The van der Waals surface area contributed by atoms with E-state index < -0.39 is 5.41 Å². The Balaban J connectivity index is 1.35. The van der Waals surface area contributed by atoms with Crippen LogP contribution >= 0.6 is 0 Å². The van der Waals surface area contributed by atoms with Crippen LogP contribution in [0.4, 0.5) is 10.1 Å². The molecule has 0 spiro atoms. The van der Waals surface area contributed by atoms with E-state index in [-0.39, 0.29) is 11.7 Å². The van der Waals surface area contributed by atoms with Gasteiger partial charge in [-0.15, -0.1) is 0 Å². The first-order chi connectivity index (χ1) is 15.1. The molecule has 1 atom stereocenters. The molecule has 1 heterocycles. The number of amides is 1. The zero-order valence-corrected chi connectivity index (χ0v) is 18.4. The fourth-order valence-corrected chi connectivity index (χ4v) is 5.11. The van der Waals surface area contributed by atoms with E-state index in [1.54, 1.807) is 12.1 Å². The number of benzene rings is 2. The zero-order valence-electron chi connectivity index (χ0n) is 18.4. The van der Waals surface area contributed by atoms with Crippen LogP contribution in [-0.2, 0) is 10.2 Å². The van der Waals surface area contributed by atoms with Gasteiger partial charge < -0.3 is 10.1 Å². The molecule has 166 valence electrons. The summed E-state index contributed by atoms with van der Waals surface area (Å²) in [5.41, 5.74) is 0.438. The number of likely N-dealkylation sites (tertiary alicyclic amines) is 1. The third kappa shape index (κ3) is 5.09. The normalized spacial score (nSPS) is 21.0. The van der Waals surface area contributed by atoms with Crippen LogP contribution in [0.5, 0.6) is 5.75 Å². The van der Waals surface area contributed by atoms with Crippen LogP contribution in [0.1, 0.15) is 51.0 Å². The Hall–Kier alpha value is -2.40. The van der Waals surface area contributed by atoms with E-state index >= 15 is 0 Å². The smallest absolute Gasteiger partial charge is 0.235 e. The number of anilines is 1. The summed E-state index contributed by atoms with van der Waals surface area (Å²) in [5, 5.41) is 3.02. The number of carbonyl (C=O) groups is 1. The number of nitrogens with zero attached hydrogens (tertiary/aromatic N) is 1. The van der Waals surface area contributed by atoms with Gasteiger partial charge in [-0.1, -0.05) is 38.0 Å². The molecule has 1 N–H and O–H groups in total. The molecular weight excluding hydrogens is 391 g/mol. The number of halogens is 1. The van der Waals surface area contributed by atoms with Gasteiger partial charge in [0.05, 0.1) is 5.41 Å². The molecule has 2 aromatic carbocycles. The van der Waals surface area contributed by atoms with Crippen molar-refractivity contribution >= 4 is 11.6 Å². The summed E-state index contributed by atoms with van der Waals surface area (Å²) in [6, 6.07) is 14.2. The molecule has 1 aliphatic carbocycles. The Bertz CT molecular complexity index is 877. The van der Waals surface area contributed by atoms with Gasteiger partial charge in [0.15, 0.2) is 0 Å². The van der Waals surface area contributed by atoms with Crippen molar-refractivity contribution < 1.29 is 13.9 Å². The van der Waals surface area contributed by atoms with Gasteiger partial charge in [0, 0.05) is 24.3 Å². The van der Waals surface area contributed by atoms with Gasteiger partial charge in [-0.2, -0.15) is 0 Å². The Labute approximate surface area is 184 Å².